The molecule has 1 fully saturated rings. The summed E-state index contributed by atoms with van der Waals surface area (Å²) in [6.45, 7) is 2.54. The summed E-state index contributed by atoms with van der Waals surface area (Å²) in [6.07, 6.45) is -1.71. The molecule has 0 spiro atoms. The van der Waals surface area contributed by atoms with E-state index in [1.807, 2.05) is 97.1 Å². The summed E-state index contributed by atoms with van der Waals surface area (Å²) in [5.74, 6) is 0. The van der Waals surface area contributed by atoms with E-state index in [9.17, 15) is 0 Å². The first-order valence-electron chi connectivity index (χ1n) is 14.1. The first kappa shape index (κ1) is 29.1. The van der Waals surface area contributed by atoms with Gasteiger partial charge in [0.2, 0.25) is 0 Å². The van der Waals surface area contributed by atoms with Gasteiger partial charge in [-0.2, -0.15) is 0 Å². The van der Waals surface area contributed by atoms with Gasteiger partial charge in [0.05, 0.1) is 39.6 Å². The second-order valence-electron chi connectivity index (χ2n) is 10.1. The molecule has 41 heavy (non-hydrogen) atoms. The van der Waals surface area contributed by atoms with Gasteiger partial charge in [0.25, 0.3) is 0 Å². The molecule has 6 heteroatoms. The third kappa shape index (κ3) is 9.33. The van der Waals surface area contributed by atoms with E-state index in [2.05, 4.69) is 24.3 Å². The summed E-state index contributed by atoms with van der Waals surface area (Å²) in [5.41, 5.74) is 4.34. The van der Waals surface area contributed by atoms with Gasteiger partial charge in [0.15, 0.2) is 0 Å². The fourth-order valence-electron chi connectivity index (χ4n) is 4.78. The third-order valence-electron chi connectivity index (χ3n) is 6.98. The van der Waals surface area contributed by atoms with Crippen molar-refractivity contribution in [3.63, 3.8) is 0 Å². The Morgan fingerprint density at radius 3 is 1.10 bits per heavy atom. The Bertz CT molecular complexity index is 1140. The molecule has 0 saturated carbocycles. The van der Waals surface area contributed by atoms with Crippen LogP contribution >= 0.6 is 0 Å². The first-order chi connectivity index (χ1) is 20.3. The van der Waals surface area contributed by atoms with Crippen LogP contribution < -0.4 is 0 Å². The fourth-order valence-corrected chi connectivity index (χ4v) is 4.78. The molecular formula is C35H38O6. The lowest BCUT2D eigenvalue weighted by molar-refractivity contribution is -0.159. The molecule has 0 bridgehead atoms. The van der Waals surface area contributed by atoms with Crippen LogP contribution in [0.5, 0.6) is 0 Å². The number of ether oxygens (including phenoxy) is 6. The zero-order valence-corrected chi connectivity index (χ0v) is 23.3. The standard InChI is InChI=1S/C35H38O6/c1-5-13-28(14-6-1)21-36-25-32-34(38-23-30-17-9-3-10-18-30)35(39-24-31-19-11-4-12-20-31)33(41-27-40-32)26-37-22-29-15-7-2-8-16-29/h1-20,32-35H,21-27H2/t32-,33+,34-,35-/m1/s1. The summed E-state index contributed by atoms with van der Waals surface area (Å²) >= 11 is 0. The minimum atomic E-state index is -0.456. The highest BCUT2D eigenvalue weighted by atomic mass is 16.7. The van der Waals surface area contributed by atoms with E-state index in [0.717, 1.165) is 22.3 Å². The lowest BCUT2D eigenvalue weighted by Gasteiger charge is -2.33. The molecule has 0 radical (unpaired) electrons. The second-order valence-corrected chi connectivity index (χ2v) is 10.1. The average Bonchev–Trinajstić information content (AvgIpc) is 3.19. The predicted octanol–water partition coefficient (Wildman–Crippen LogP) is 6.33. The van der Waals surface area contributed by atoms with Gasteiger partial charge in [-0.3, -0.25) is 0 Å². The molecule has 0 aliphatic carbocycles. The summed E-state index contributed by atoms with van der Waals surface area (Å²) in [5, 5.41) is 0. The third-order valence-corrected chi connectivity index (χ3v) is 6.98. The maximum Gasteiger partial charge on any atom is 0.147 e. The van der Waals surface area contributed by atoms with Gasteiger partial charge >= 0.3 is 0 Å². The van der Waals surface area contributed by atoms with E-state index in [1.165, 1.54) is 0 Å². The maximum absolute atomic E-state index is 6.59. The first-order valence-corrected chi connectivity index (χ1v) is 14.1. The molecule has 214 valence electrons. The van der Waals surface area contributed by atoms with Crippen LogP contribution in [0.25, 0.3) is 0 Å². The van der Waals surface area contributed by atoms with Crippen molar-refractivity contribution in [1.82, 2.24) is 0 Å². The van der Waals surface area contributed by atoms with Crippen molar-refractivity contribution in [2.75, 3.05) is 20.0 Å². The van der Waals surface area contributed by atoms with Crippen molar-refractivity contribution in [2.45, 2.75) is 50.8 Å². The smallest absolute Gasteiger partial charge is 0.147 e. The van der Waals surface area contributed by atoms with Gasteiger partial charge in [0.1, 0.15) is 31.2 Å². The monoisotopic (exact) mass is 554 g/mol. The van der Waals surface area contributed by atoms with Crippen LogP contribution in [0.2, 0.25) is 0 Å². The second kappa shape index (κ2) is 16.2. The SMILES string of the molecule is c1ccc(COC[C@@H]2OCO[C@H](COCc3ccccc3)[C@@H](OCc3ccccc3)[C@@H]2OCc2ccccc2)cc1. The minimum absolute atomic E-state index is 0.0924. The largest absolute Gasteiger partial charge is 0.374 e. The van der Waals surface area contributed by atoms with Gasteiger partial charge in [-0.05, 0) is 22.3 Å². The quantitative estimate of drug-likeness (QED) is 0.182. The maximum atomic E-state index is 6.59. The molecule has 4 aromatic rings. The Hall–Kier alpha value is -3.36. The van der Waals surface area contributed by atoms with Crippen molar-refractivity contribution in [2.24, 2.45) is 0 Å². The van der Waals surface area contributed by atoms with Crippen LogP contribution in [0.1, 0.15) is 22.3 Å². The van der Waals surface area contributed by atoms with Gasteiger partial charge in [-0.25, -0.2) is 0 Å². The van der Waals surface area contributed by atoms with Crippen molar-refractivity contribution >= 4 is 0 Å². The highest BCUT2D eigenvalue weighted by Gasteiger charge is 2.41. The van der Waals surface area contributed by atoms with Gasteiger partial charge in [-0.15, -0.1) is 0 Å². The molecule has 0 N–H and O–H groups in total. The summed E-state index contributed by atoms with van der Waals surface area (Å²) in [7, 11) is 0. The lowest BCUT2D eigenvalue weighted by Crippen LogP contribution is -2.49. The lowest BCUT2D eigenvalue weighted by atomic mass is 10.0. The topological polar surface area (TPSA) is 55.4 Å². The van der Waals surface area contributed by atoms with E-state index in [-0.39, 0.29) is 6.79 Å². The Kier molecular flexibility index (Phi) is 11.5. The average molecular weight is 555 g/mol. The Labute approximate surface area is 242 Å². The number of hydrogen-bond acceptors (Lipinski definition) is 6. The molecule has 0 aromatic heterocycles. The van der Waals surface area contributed by atoms with E-state index >= 15 is 0 Å². The molecular weight excluding hydrogens is 516 g/mol. The highest BCUT2D eigenvalue weighted by molar-refractivity contribution is 5.16. The number of benzene rings is 4. The molecule has 5 rings (SSSR count). The van der Waals surface area contributed by atoms with Crippen LogP contribution in [0.4, 0.5) is 0 Å². The van der Waals surface area contributed by atoms with Crippen LogP contribution in [-0.2, 0) is 54.8 Å². The molecule has 1 heterocycles. The predicted molar refractivity (Wildman–Crippen MR) is 157 cm³/mol. The van der Waals surface area contributed by atoms with Crippen LogP contribution in [-0.4, -0.2) is 44.4 Å². The molecule has 1 aliphatic rings. The minimum Gasteiger partial charge on any atom is -0.374 e. The Balaban J connectivity index is 1.33. The molecule has 0 unspecified atom stereocenters. The van der Waals surface area contributed by atoms with Crippen molar-refractivity contribution in [3.05, 3.63) is 144 Å². The van der Waals surface area contributed by atoms with E-state index in [0.29, 0.717) is 39.6 Å². The van der Waals surface area contributed by atoms with Crippen molar-refractivity contribution in [1.29, 1.82) is 0 Å². The molecule has 4 atom stereocenters. The summed E-state index contributed by atoms with van der Waals surface area (Å²) < 4.78 is 37.9. The van der Waals surface area contributed by atoms with Crippen LogP contribution in [0.15, 0.2) is 121 Å². The molecule has 1 aliphatic heterocycles. The number of hydrogen-bond donors (Lipinski definition) is 0. The highest BCUT2D eigenvalue weighted by Crippen LogP contribution is 2.25. The normalized spacial score (nSPS) is 20.9. The zero-order chi connectivity index (χ0) is 28.0. The zero-order valence-electron chi connectivity index (χ0n) is 23.3. The Morgan fingerprint density at radius 1 is 0.439 bits per heavy atom. The van der Waals surface area contributed by atoms with Crippen LogP contribution in [0.3, 0.4) is 0 Å². The summed E-state index contributed by atoms with van der Waals surface area (Å²) in [6, 6.07) is 40.5. The van der Waals surface area contributed by atoms with Gasteiger partial charge < -0.3 is 28.4 Å². The number of rotatable bonds is 14. The van der Waals surface area contributed by atoms with Crippen LogP contribution in [0, 0.1) is 0 Å². The van der Waals surface area contributed by atoms with E-state index in [1.54, 1.807) is 0 Å². The molecule has 0 amide bonds. The molecule has 1 saturated heterocycles. The molecule has 4 aromatic carbocycles. The Morgan fingerprint density at radius 2 is 0.756 bits per heavy atom. The van der Waals surface area contributed by atoms with E-state index < -0.39 is 24.4 Å². The fraction of sp³-hybridized carbons (Fsp3) is 0.314. The van der Waals surface area contributed by atoms with Gasteiger partial charge in [-0.1, -0.05) is 121 Å². The van der Waals surface area contributed by atoms with E-state index in [4.69, 9.17) is 28.4 Å². The van der Waals surface area contributed by atoms with Crippen molar-refractivity contribution in [3.8, 4) is 0 Å². The summed E-state index contributed by atoms with van der Waals surface area (Å²) in [4.78, 5) is 0. The van der Waals surface area contributed by atoms with Crippen molar-refractivity contribution < 1.29 is 28.4 Å². The molecule has 6 nitrogen and oxygen atoms in total. The van der Waals surface area contributed by atoms with Gasteiger partial charge in [0, 0.05) is 0 Å².